The number of anilines is 2. The highest BCUT2D eigenvalue weighted by Gasteiger charge is 2.34. The molecule has 0 radical (unpaired) electrons. The third kappa shape index (κ3) is 6.43. The minimum absolute atomic E-state index is 0.175. The first-order chi connectivity index (χ1) is 17.9. The molecule has 2 amide bonds. The molecule has 0 saturated heterocycles. The number of rotatable bonds is 1. The zero-order valence-corrected chi connectivity index (χ0v) is 22.2. The molecule has 0 saturated carbocycles. The summed E-state index contributed by atoms with van der Waals surface area (Å²) in [5.41, 5.74) is 2.51. The van der Waals surface area contributed by atoms with E-state index in [1.54, 1.807) is 13.3 Å². The summed E-state index contributed by atoms with van der Waals surface area (Å²) < 4.78 is 5.59. The molecule has 1 N–H and O–H groups in total. The molecule has 10 heteroatoms. The molecule has 3 heterocycles. The minimum atomic E-state index is -0.597. The highest BCUT2D eigenvalue weighted by molar-refractivity contribution is 6.13. The Morgan fingerprint density at radius 3 is 2.59 bits per heavy atom. The summed E-state index contributed by atoms with van der Waals surface area (Å²) in [7, 11) is 7.56. The number of carbonyl (C=O) groups excluding carboxylic acids is 2. The summed E-state index contributed by atoms with van der Waals surface area (Å²) in [6.45, 7) is 2.99. The molecule has 2 aromatic rings. The molecule has 198 valence electrons. The molecule has 0 aliphatic carbocycles. The van der Waals surface area contributed by atoms with Crippen LogP contribution in [-0.2, 0) is 16.1 Å². The highest BCUT2D eigenvalue weighted by atomic mass is 16.5. The van der Waals surface area contributed by atoms with Crippen LogP contribution < -0.4 is 15.0 Å². The molecule has 0 spiro atoms. The zero-order valence-electron chi connectivity index (χ0n) is 22.2. The van der Waals surface area contributed by atoms with Gasteiger partial charge in [-0.05, 0) is 51.1 Å². The number of aromatic nitrogens is 2. The van der Waals surface area contributed by atoms with E-state index >= 15 is 0 Å². The van der Waals surface area contributed by atoms with Gasteiger partial charge in [-0.1, -0.05) is 6.42 Å². The lowest BCUT2D eigenvalue weighted by Gasteiger charge is -2.23. The van der Waals surface area contributed by atoms with Crippen LogP contribution in [0.5, 0.6) is 5.75 Å². The number of ether oxygens (including phenoxy) is 1. The van der Waals surface area contributed by atoms with Crippen molar-refractivity contribution in [2.75, 3.05) is 58.1 Å². The van der Waals surface area contributed by atoms with Crippen molar-refractivity contribution in [3.8, 4) is 5.75 Å². The van der Waals surface area contributed by atoms with Gasteiger partial charge in [-0.25, -0.2) is 9.97 Å². The maximum Gasteiger partial charge on any atom is 0.238 e. The van der Waals surface area contributed by atoms with Crippen molar-refractivity contribution in [2.24, 2.45) is 4.99 Å². The highest BCUT2D eigenvalue weighted by Crippen LogP contribution is 2.36. The summed E-state index contributed by atoms with van der Waals surface area (Å²) in [5, 5.41) is 2.86. The van der Waals surface area contributed by atoms with Crippen LogP contribution in [0.1, 0.15) is 49.1 Å². The number of fused-ring (bicyclic) bond motifs is 2. The first-order valence-electron chi connectivity index (χ1n) is 12.9. The van der Waals surface area contributed by atoms with Gasteiger partial charge in [-0.15, -0.1) is 0 Å². The molecular formula is C27H37N7O3. The van der Waals surface area contributed by atoms with Gasteiger partial charge in [-0.3, -0.25) is 14.6 Å². The van der Waals surface area contributed by atoms with E-state index in [0.29, 0.717) is 37.7 Å². The Morgan fingerprint density at radius 1 is 0.973 bits per heavy atom. The van der Waals surface area contributed by atoms with Crippen molar-refractivity contribution in [3.05, 3.63) is 35.7 Å². The molecule has 4 rings (SSSR count). The fourth-order valence-corrected chi connectivity index (χ4v) is 4.84. The van der Waals surface area contributed by atoms with Gasteiger partial charge >= 0.3 is 0 Å². The quantitative estimate of drug-likeness (QED) is 0.632. The molecule has 1 unspecified atom stereocenters. The smallest absolute Gasteiger partial charge is 0.238 e. The van der Waals surface area contributed by atoms with Crippen molar-refractivity contribution >= 4 is 35.4 Å². The Hall–Kier alpha value is -3.53. The predicted octanol–water partition coefficient (Wildman–Crippen LogP) is 3.21. The summed E-state index contributed by atoms with van der Waals surface area (Å²) in [5.74, 6) is 1.42. The van der Waals surface area contributed by atoms with E-state index in [1.807, 2.05) is 42.1 Å². The van der Waals surface area contributed by atoms with Crippen LogP contribution >= 0.6 is 0 Å². The number of hydrogen-bond donors (Lipinski definition) is 1. The molecule has 2 aliphatic heterocycles. The summed E-state index contributed by atoms with van der Waals surface area (Å²) in [6.07, 6.45) is 7.42. The minimum Gasteiger partial charge on any atom is -0.496 e. The SMILES string of the molecule is COc1ccc2cc1CN(C)CCCCCC(=O)N(C)CCCN(C)c1ncnc3c1C(C=N2)C(=O)N3. The van der Waals surface area contributed by atoms with E-state index in [0.717, 1.165) is 54.8 Å². The third-order valence-corrected chi connectivity index (χ3v) is 6.98. The number of nitrogens with one attached hydrogen (secondary N) is 1. The summed E-state index contributed by atoms with van der Waals surface area (Å²) in [6, 6.07) is 5.81. The average molecular weight is 508 g/mol. The second-order valence-electron chi connectivity index (χ2n) is 9.84. The lowest BCUT2D eigenvalue weighted by molar-refractivity contribution is -0.130. The Morgan fingerprint density at radius 2 is 1.78 bits per heavy atom. The van der Waals surface area contributed by atoms with E-state index in [2.05, 4.69) is 32.2 Å². The zero-order chi connectivity index (χ0) is 26.4. The van der Waals surface area contributed by atoms with Crippen LogP contribution in [-0.4, -0.2) is 85.7 Å². The fraction of sp³-hybridized carbons (Fsp3) is 0.519. The largest absolute Gasteiger partial charge is 0.496 e. The Balaban J connectivity index is 1.64. The van der Waals surface area contributed by atoms with Gasteiger partial charge in [0.2, 0.25) is 11.8 Å². The normalized spacial score (nSPS) is 20.3. The summed E-state index contributed by atoms with van der Waals surface area (Å²) in [4.78, 5) is 45.0. The van der Waals surface area contributed by atoms with Crippen LogP contribution in [0.25, 0.3) is 0 Å². The van der Waals surface area contributed by atoms with Crippen molar-refractivity contribution in [2.45, 2.75) is 44.6 Å². The maximum absolute atomic E-state index is 12.9. The van der Waals surface area contributed by atoms with Gasteiger partial charge in [0.1, 0.15) is 29.6 Å². The molecule has 0 fully saturated rings. The molecule has 1 aromatic heterocycles. The molecular weight excluding hydrogens is 470 g/mol. The lowest BCUT2D eigenvalue weighted by atomic mass is 10.0. The molecule has 1 atom stereocenters. The van der Waals surface area contributed by atoms with E-state index < -0.39 is 5.92 Å². The van der Waals surface area contributed by atoms with Gasteiger partial charge in [0.05, 0.1) is 18.4 Å². The molecule has 10 nitrogen and oxygen atoms in total. The van der Waals surface area contributed by atoms with Crippen molar-refractivity contribution < 1.29 is 14.3 Å². The summed E-state index contributed by atoms with van der Waals surface area (Å²) >= 11 is 0. The van der Waals surface area contributed by atoms with Crippen molar-refractivity contribution in [1.29, 1.82) is 0 Å². The molecule has 37 heavy (non-hydrogen) atoms. The molecule has 2 aliphatic rings. The Kier molecular flexibility index (Phi) is 8.70. The number of amides is 2. The van der Waals surface area contributed by atoms with Crippen molar-refractivity contribution in [3.63, 3.8) is 0 Å². The predicted molar refractivity (Wildman–Crippen MR) is 145 cm³/mol. The standard InChI is InChI=1S/C27H37N7O3/c1-32-12-7-5-6-9-23(35)33(2)13-8-14-34(3)26-24-21(27(36)31-25(24)29-18-30-26)16-28-20-10-11-22(37-4)19(15-20)17-32/h10-11,15-16,18,21H,5-9,12-14,17H2,1-4H3,(H,29,30,31,36). The number of methoxy groups -OCH3 is 1. The van der Waals surface area contributed by atoms with Gasteiger partial charge in [0, 0.05) is 51.9 Å². The van der Waals surface area contributed by atoms with Crippen molar-refractivity contribution in [1.82, 2.24) is 19.8 Å². The van der Waals surface area contributed by atoms with Crippen LogP contribution in [0.3, 0.4) is 0 Å². The number of hydrogen-bond acceptors (Lipinski definition) is 8. The van der Waals surface area contributed by atoms with E-state index in [-0.39, 0.29) is 11.8 Å². The number of carbonyl (C=O) groups is 2. The number of aliphatic imine (C=N–C) groups is 1. The second kappa shape index (κ2) is 12.1. The van der Waals surface area contributed by atoms with E-state index in [4.69, 9.17) is 4.74 Å². The van der Waals surface area contributed by atoms with Crippen LogP contribution in [0.4, 0.5) is 17.3 Å². The topological polar surface area (TPSA) is 103 Å². The van der Waals surface area contributed by atoms with Crippen LogP contribution in [0.15, 0.2) is 29.5 Å². The Labute approximate surface area is 218 Å². The fourth-order valence-electron chi connectivity index (χ4n) is 4.84. The first kappa shape index (κ1) is 26.5. The van der Waals surface area contributed by atoms with Gasteiger partial charge < -0.3 is 24.8 Å². The van der Waals surface area contributed by atoms with Gasteiger partial charge in [-0.2, -0.15) is 0 Å². The monoisotopic (exact) mass is 507 g/mol. The van der Waals surface area contributed by atoms with Gasteiger partial charge in [0.15, 0.2) is 0 Å². The molecule has 1 aromatic carbocycles. The van der Waals surface area contributed by atoms with Crippen LogP contribution in [0, 0.1) is 0 Å². The van der Waals surface area contributed by atoms with Gasteiger partial charge in [0.25, 0.3) is 0 Å². The number of nitrogens with zero attached hydrogens (tertiary/aromatic N) is 6. The maximum atomic E-state index is 12.9. The lowest BCUT2D eigenvalue weighted by Crippen LogP contribution is -2.31. The second-order valence-corrected chi connectivity index (χ2v) is 9.84. The van der Waals surface area contributed by atoms with Crippen LogP contribution in [0.2, 0.25) is 0 Å². The number of benzene rings is 1. The third-order valence-electron chi connectivity index (χ3n) is 6.98. The molecule has 2 bridgehead atoms. The Bertz CT molecular complexity index is 1150. The average Bonchev–Trinajstić information content (AvgIpc) is 3.21. The first-order valence-corrected chi connectivity index (χ1v) is 12.9. The van der Waals surface area contributed by atoms with E-state index in [9.17, 15) is 9.59 Å². The van der Waals surface area contributed by atoms with E-state index in [1.165, 1.54) is 6.33 Å².